The molecule has 5 nitrogen and oxygen atoms in total. The van der Waals surface area contributed by atoms with Crippen LogP contribution in [-0.4, -0.2) is 22.3 Å². The number of carboxylic acid groups (broad SMARTS) is 1. The molecule has 0 saturated carbocycles. The molecule has 1 unspecified atom stereocenters. The molecular weight excluding hydrogens is 152 g/mol. The van der Waals surface area contributed by atoms with Gasteiger partial charge in [0.2, 0.25) is 0 Å². The topological polar surface area (TPSA) is 83.8 Å². The van der Waals surface area contributed by atoms with Crippen LogP contribution in [0.15, 0.2) is 0 Å². The molecule has 2 N–H and O–H groups in total. The van der Waals surface area contributed by atoms with Crippen LogP contribution >= 0.6 is 0 Å². The largest absolute Gasteiger partial charge is 0.481 e. The first kappa shape index (κ1) is 9.90. The lowest BCUT2D eigenvalue weighted by atomic mass is 10.1. The molecule has 0 bridgehead atoms. The number of carboxylic acids is 1. The summed E-state index contributed by atoms with van der Waals surface area (Å²) in [5.74, 6) is -2.36. The zero-order valence-corrected chi connectivity index (χ0v) is 6.11. The van der Waals surface area contributed by atoms with E-state index in [1.54, 1.807) is 0 Å². The van der Waals surface area contributed by atoms with Gasteiger partial charge in [0.15, 0.2) is 0 Å². The van der Waals surface area contributed by atoms with E-state index in [-0.39, 0.29) is 12.8 Å². The van der Waals surface area contributed by atoms with Gasteiger partial charge in [-0.2, -0.15) is 5.26 Å². The molecule has 0 heterocycles. The predicted octanol–water partition coefficient (Wildman–Crippen LogP) is 0.503. The lowest BCUT2D eigenvalue weighted by Crippen LogP contribution is -2.12. The van der Waals surface area contributed by atoms with E-state index in [4.69, 9.17) is 10.4 Å². The Labute approximate surface area is 63.5 Å². The van der Waals surface area contributed by atoms with Gasteiger partial charge in [-0.3, -0.25) is 4.79 Å². The fourth-order valence-corrected chi connectivity index (χ4v) is 0.503. The Morgan fingerprint density at radius 3 is 2.45 bits per heavy atom. The Bertz CT molecular complexity index is 153. The summed E-state index contributed by atoms with van der Waals surface area (Å²) in [6.45, 7) is 1.48. The molecule has 0 aliphatic rings. The average molecular weight is 162 g/mol. The predicted molar refractivity (Wildman–Crippen MR) is 34.8 cm³/mol. The summed E-state index contributed by atoms with van der Waals surface area (Å²) < 4.78 is 0. The summed E-state index contributed by atoms with van der Waals surface area (Å²) in [5, 5.41) is 16.1. The van der Waals surface area contributed by atoms with E-state index in [9.17, 15) is 9.59 Å². The maximum atomic E-state index is 10.3. The average Bonchev–Trinajstić information content (AvgIpc) is 1.99. The summed E-state index contributed by atoms with van der Waals surface area (Å²) in [4.78, 5) is 23.8. The summed E-state index contributed by atoms with van der Waals surface area (Å²) in [7, 11) is 0. The van der Waals surface area contributed by atoms with Crippen LogP contribution in [0.4, 0.5) is 0 Å². The highest BCUT2D eigenvalue weighted by molar-refractivity contribution is 5.72. The van der Waals surface area contributed by atoms with Gasteiger partial charge in [0.25, 0.3) is 0 Å². The summed E-state index contributed by atoms with van der Waals surface area (Å²) in [5.41, 5.74) is 0. The molecular formula is C6H10O5. The molecule has 0 aromatic heterocycles. The van der Waals surface area contributed by atoms with Gasteiger partial charge in [-0.1, -0.05) is 6.92 Å². The SMILES string of the molecule is CC(CCC(=O)OO)C(=O)O. The number of carbonyl (C=O) groups is 2. The van der Waals surface area contributed by atoms with Gasteiger partial charge in [0.05, 0.1) is 5.92 Å². The van der Waals surface area contributed by atoms with Crippen molar-refractivity contribution in [1.82, 2.24) is 0 Å². The molecule has 0 amide bonds. The van der Waals surface area contributed by atoms with Crippen molar-refractivity contribution < 1.29 is 24.8 Å². The number of hydrogen-bond donors (Lipinski definition) is 2. The van der Waals surface area contributed by atoms with Crippen molar-refractivity contribution in [3.8, 4) is 0 Å². The third-order valence-electron chi connectivity index (χ3n) is 1.30. The number of hydrogen-bond acceptors (Lipinski definition) is 4. The monoisotopic (exact) mass is 162 g/mol. The molecule has 64 valence electrons. The Balaban J connectivity index is 3.54. The molecule has 1 atom stereocenters. The Morgan fingerprint density at radius 1 is 1.55 bits per heavy atom. The summed E-state index contributed by atoms with van der Waals surface area (Å²) >= 11 is 0. The van der Waals surface area contributed by atoms with Gasteiger partial charge in [-0.25, -0.2) is 4.79 Å². The van der Waals surface area contributed by atoms with Crippen LogP contribution in [0.5, 0.6) is 0 Å². The van der Waals surface area contributed by atoms with Gasteiger partial charge < -0.3 is 9.99 Å². The fourth-order valence-electron chi connectivity index (χ4n) is 0.503. The molecule has 0 aliphatic heterocycles. The van der Waals surface area contributed by atoms with Crippen LogP contribution in [-0.2, 0) is 14.5 Å². The normalized spacial score (nSPS) is 12.2. The molecule has 0 spiro atoms. The van der Waals surface area contributed by atoms with Crippen molar-refractivity contribution in [2.24, 2.45) is 5.92 Å². The van der Waals surface area contributed by atoms with Crippen molar-refractivity contribution in [2.75, 3.05) is 0 Å². The van der Waals surface area contributed by atoms with Gasteiger partial charge in [0.1, 0.15) is 0 Å². The molecule has 0 aliphatic carbocycles. The fraction of sp³-hybridized carbons (Fsp3) is 0.667. The van der Waals surface area contributed by atoms with Gasteiger partial charge in [-0.15, -0.1) is 0 Å². The summed E-state index contributed by atoms with van der Waals surface area (Å²) in [6.07, 6.45) is 0.0959. The molecule has 5 heteroatoms. The zero-order chi connectivity index (χ0) is 8.85. The Kier molecular flexibility index (Phi) is 4.21. The van der Waals surface area contributed by atoms with E-state index in [0.29, 0.717) is 0 Å². The zero-order valence-electron chi connectivity index (χ0n) is 6.11. The van der Waals surface area contributed by atoms with E-state index in [1.807, 2.05) is 0 Å². The van der Waals surface area contributed by atoms with Gasteiger partial charge in [-0.05, 0) is 6.42 Å². The summed E-state index contributed by atoms with van der Waals surface area (Å²) in [6, 6.07) is 0. The molecule has 11 heavy (non-hydrogen) atoms. The maximum absolute atomic E-state index is 10.3. The number of carbonyl (C=O) groups excluding carboxylic acids is 1. The minimum absolute atomic E-state index is 0.0794. The van der Waals surface area contributed by atoms with Crippen LogP contribution in [0.2, 0.25) is 0 Å². The lowest BCUT2D eigenvalue weighted by molar-refractivity contribution is -0.234. The van der Waals surface area contributed by atoms with Crippen LogP contribution in [0, 0.1) is 5.92 Å². The molecule has 0 radical (unpaired) electrons. The highest BCUT2D eigenvalue weighted by atomic mass is 17.1. The first-order chi connectivity index (χ1) is 5.07. The molecule has 0 rings (SSSR count). The Hall–Kier alpha value is -1.10. The third kappa shape index (κ3) is 4.32. The minimum atomic E-state index is -0.962. The minimum Gasteiger partial charge on any atom is -0.481 e. The standard InChI is InChI=1S/C6H10O5/c1-4(6(8)9)2-3-5(7)11-10/h4,10H,2-3H2,1H3,(H,8,9). The van der Waals surface area contributed by atoms with E-state index < -0.39 is 17.9 Å². The van der Waals surface area contributed by atoms with E-state index >= 15 is 0 Å². The van der Waals surface area contributed by atoms with Crippen molar-refractivity contribution in [2.45, 2.75) is 19.8 Å². The van der Waals surface area contributed by atoms with Crippen molar-refractivity contribution in [3.63, 3.8) is 0 Å². The number of aliphatic carboxylic acids is 1. The molecule has 0 saturated heterocycles. The lowest BCUT2D eigenvalue weighted by Gasteiger charge is -2.02. The van der Waals surface area contributed by atoms with Crippen molar-refractivity contribution >= 4 is 11.9 Å². The van der Waals surface area contributed by atoms with Crippen LogP contribution < -0.4 is 0 Å². The van der Waals surface area contributed by atoms with E-state index in [2.05, 4.69) is 4.89 Å². The Morgan fingerprint density at radius 2 is 2.09 bits per heavy atom. The van der Waals surface area contributed by atoms with Crippen LogP contribution in [0.25, 0.3) is 0 Å². The second-order valence-electron chi connectivity index (χ2n) is 2.24. The molecule has 0 aromatic rings. The maximum Gasteiger partial charge on any atom is 0.342 e. The van der Waals surface area contributed by atoms with Gasteiger partial charge >= 0.3 is 11.9 Å². The van der Waals surface area contributed by atoms with Gasteiger partial charge in [0, 0.05) is 6.42 Å². The van der Waals surface area contributed by atoms with E-state index in [0.717, 1.165) is 0 Å². The molecule has 0 aromatic carbocycles. The smallest absolute Gasteiger partial charge is 0.342 e. The quantitative estimate of drug-likeness (QED) is 0.464. The third-order valence-corrected chi connectivity index (χ3v) is 1.30. The second-order valence-corrected chi connectivity index (χ2v) is 2.24. The first-order valence-electron chi connectivity index (χ1n) is 3.15. The van der Waals surface area contributed by atoms with Crippen LogP contribution in [0.1, 0.15) is 19.8 Å². The van der Waals surface area contributed by atoms with E-state index in [1.165, 1.54) is 6.92 Å². The van der Waals surface area contributed by atoms with Crippen molar-refractivity contribution in [1.29, 1.82) is 0 Å². The van der Waals surface area contributed by atoms with Crippen molar-refractivity contribution in [3.05, 3.63) is 0 Å². The second kappa shape index (κ2) is 4.68. The highest BCUT2D eigenvalue weighted by Crippen LogP contribution is 2.05. The first-order valence-corrected chi connectivity index (χ1v) is 3.15. The molecule has 0 fully saturated rings. The number of rotatable bonds is 4. The van der Waals surface area contributed by atoms with Crippen LogP contribution in [0.3, 0.4) is 0 Å². The highest BCUT2D eigenvalue weighted by Gasteiger charge is 2.13.